The van der Waals surface area contributed by atoms with Gasteiger partial charge in [-0.05, 0) is 37.3 Å². The number of hydrogen-bond acceptors (Lipinski definition) is 7. The Morgan fingerprint density at radius 1 is 1.34 bits per heavy atom. The number of benzene rings is 1. The van der Waals surface area contributed by atoms with Crippen molar-refractivity contribution in [3.8, 4) is 0 Å². The zero-order valence-corrected chi connectivity index (χ0v) is 17.0. The van der Waals surface area contributed by atoms with Gasteiger partial charge in [0.05, 0.1) is 12.2 Å². The summed E-state index contributed by atoms with van der Waals surface area (Å²) in [6.45, 7) is 1.60. The first-order valence-electron chi connectivity index (χ1n) is 9.33. The Labute approximate surface area is 168 Å². The van der Waals surface area contributed by atoms with Gasteiger partial charge in [-0.15, -0.1) is 10.6 Å². The van der Waals surface area contributed by atoms with Crippen molar-refractivity contribution in [2.45, 2.75) is 36.6 Å². The standard InChI is InChI=1S/C19H23N5O4S/c1-12(29(2,26)27)16-11-24(23-21-16)15-8-14(9-15)19(13-6-4-3-5-7-13)10-17(18(20)25)28-22-19/h3-7,10-12,14-15,22H,8-9H2,1-2H3,(H2,20,25)/t12?,14?,15?,19-/m0/s1. The van der Waals surface area contributed by atoms with Gasteiger partial charge >= 0.3 is 0 Å². The first-order valence-corrected chi connectivity index (χ1v) is 11.3. The maximum absolute atomic E-state index is 11.8. The fourth-order valence-electron chi connectivity index (χ4n) is 3.87. The van der Waals surface area contributed by atoms with E-state index in [1.54, 1.807) is 23.9 Å². The van der Waals surface area contributed by atoms with Gasteiger partial charge in [0.25, 0.3) is 5.91 Å². The molecule has 4 rings (SSSR count). The lowest BCUT2D eigenvalue weighted by atomic mass is 9.65. The Bertz CT molecular complexity index is 1060. The Morgan fingerprint density at radius 3 is 2.62 bits per heavy atom. The molecule has 9 nitrogen and oxygen atoms in total. The molecule has 29 heavy (non-hydrogen) atoms. The molecule has 2 aromatic rings. The van der Waals surface area contributed by atoms with E-state index in [0.29, 0.717) is 5.69 Å². The maximum atomic E-state index is 11.8. The molecule has 10 heteroatoms. The molecule has 0 spiro atoms. The van der Waals surface area contributed by atoms with Gasteiger partial charge in [0.2, 0.25) is 5.76 Å². The van der Waals surface area contributed by atoms with E-state index >= 15 is 0 Å². The van der Waals surface area contributed by atoms with Gasteiger partial charge in [-0.2, -0.15) is 0 Å². The molecular weight excluding hydrogens is 394 g/mol. The molecule has 2 heterocycles. The predicted octanol–water partition coefficient (Wildman–Crippen LogP) is 1.13. The van der Waals surface area contributed by atoms with Crippen LogP contribution in [0.15, 0.2) is 48.4 Å². The molecule has 1 aromatic heterocycles. The quantitative estimate of drug-likeness (QED) is 0.721. The van der Waals surface area contributed by atoms with Crippen LogP contribution in [-0.2, 0) is 25.0 Å². The third kappa shape index (κ3) is 3.42. The molecule has 1 fully saturated rings. The smallest absolute Gasteiger partial charge is 0.286 e. The highest BCUT2D eigenvalue weighted by Gasteiger charge is 2.51. The van der Waals surface area contributed by atoms with Gasteiger partial charge in [0, 0.05) is 6.26 Å². The lowest BCUT2D eigenvalue weighted by Crippen LogP contribution is -2.49. The second-order valence-corrected chi connectivity index (χ2v) is 10.1. The predicted molar refractivity (Wildman–Crippen MR) is 105 cm³/mol. The van der Waals surface area contributed by atoms with E-state index in [4.69, 9.17) is 10.6 Å². The number of carbonyl (C=O) groups is 1. The normalized spacial score (nSPS) is 27.6. The average Bonchev–Trinajstić information content (AvgIpc) is 3.28. The number of carbonyl (C=O) groups excluding carboxylic acids is 1. The molecular formula is C19H23N5O4S. The third-order valence-electron chi connectivity index (χ3n) is 5.90. The van der Waals surface area contributed by atoms with Crippen molar-refractivity contribution in [1.29, 1.82) is 0 Å². The zero-order valence-electron chi connectivity index (χ0n) is 16.1. The summed E-state index contributed by atoms with van der Waals surface area (Å²) < 4.78 is 25.2. The van der Waals surface area contributed by atoms with Gasteiger partial charge in [-0.25, -0.2) is 13.1 Å². The summed E-state index contributed by atoms with van der Waals surface area (Å²) in [5, 5.41) is 7.47. The third-order valence-corrected chi connectivity index (χ3v) is 7.43. The highest BCUT2D eigenvalue weighted by atomic mass is 32.2. The summed E-state index contributed by atoms with van der Waals surface area (Å²) in [5.74, 6) is -0.393. The van der Waals surface area contributed by atoms with E-state index in [2.05, 4.69) is 15.8 Å². The van der Waals surface area contributed by atoms with Gasteiger partial charge in [0.1, 0.15) is 16.5 Å². The van der Waals surface area contributed by atoms with Crippen molar-refractivity contribution < 1.29 is 18.0 Å². The van der Waals surface area contributed by atoms with Crippen LogP contribution in [-0.4, -0.2) is 35.6 Å². The molecule has 2 atom stereocenters. The summed E-state index contributed by atoms with van der Waals surface area (Å²) in [6, 6.07) is 9.83. The van der Waals surface area contributed by atoms with Crippen molar-refractivity contribution in [3.05, 3.63) is 59.6 Å². The Hall–Kier alpha value is -2.72. The SMILES string of the molecule is CC(c1cn(C2CC([C@@]3(c4ccccc4)C=C(C(N)=O)ON3)C2)nn1)S(C)(=O)=O. The molecule has 2 aliphatic rings. The molecule has 1 aliphatic carbocycles. The zero-order chi connectivity index (χ0) is 20.8. The molecule has 154 valence electrons. The molecule has 1 aromatic carbocycles. The number of nitrogens with zero attached hydrogens (tertiary/aromatic N) is 3. The largest absolute Gasteiger partial charge is 0.402 e. The highest BCUT2D eigenvalue weighted by molar-refractivity contribution is 7.90. The van der Waals surface area contributed by atoms with E-state index in [9.17, 15) is 13.2 Å². The number of amides is 1. The Balaban J connectivity index is 1.56. The summed E-state index contributed by atoms with van der Waals surface area (Å²) in [5.41, 5.74) is 9.17. The maximum Gasteiger partial charge on any atom is 0.286 e. The van der Waals surface area contributed by atoms with Crippen LogP contribution in [0.3, 0.4) is 0 Å². The van der Waals surface area contributed by atoms with Crippen molar-refractivity contribution in [3.63, 3.8) is 0 Å². The van der Waals surface area contributed by atoms with Crippen molar-refractivity contribution >= 4 is 15.7 Å². The van der Waals surface area contributed by atoms with E-state index in [1.165, 1.54) is 6.26 Å². The first kappa shape index (κ1) is 19.6. The number of hydroxylamine groups is 1. The van der Waals surface area contributed by atoms with E-state index < -0.39 is 26.5 Å². The van der Waals surface area contributed by atoms with Crippen LogP contribution in [0.5, 0.6) is 0 Å². The number of sulfone groups is 1. The number of nitrogens with two attached hydrogens (primary N) is 1. The summed E-state index contributed by atoms with van der Waals surface area (Å²) in [4.78, 5) is 17.0. The Kier molecular flexibility index (Phi) is 4.70. The summed E-state index contributed by atoms with van der Waals surface area (Å²) in [7, 11) is -3.23. The van der Waals surface area contributed by atoms with Crippen molar-refractivity contribution in [2.75, 3.05) is 6.26 Å². The van der Waals surface area contributed by atoms with Crippen LogP contribution in [0.25, 0.3) is 0 Å². The molecule has 1 unspecified atom stereocenters. The van der Waals surface area contributed by atoms with E-state index in [-0.39, 0.29) is 17.7 Å². The number of primary amides is 1. The minimum Gasteiger partial charge on any atom is -0.402 e. The van der Waals surface area contributed by atoms with Crippen LogP contribution in [0.1, 0.15) is 42.3 Å². The highest BCUT2D eigenvalue weighted by Crippen LogP contribution is 2.50. The fraction of sp³-hybridized carbons (Fsp3) is 0.421. The Morgan fingerprint density at radius 2 is 2.03 bits per heavy atom. The second kappa shape index (κ2) is 6.96. The second-order valence-electron chi connectivity index (χ2n) is 7.73. The minimum atomic E-state index is -3.23. The lowest BCUT2D eigenvalue weighted by molar-refractivity contribution is -0.119. The molecule has 0 saturated heterocycles. The van der Waals surface area contributed by atoms with Crippen LogP contribution in [0, 0.1) is 5.92 Å². The molecule has 1 amide bonds. The number of rotatable bonds is 6. The van der Waals surface area contributed by atoms with Crippen molar-refractivity contribution in [2.24, 2.45) is 11.7 Å². The van der Waals surface area contributed by atoms with Gasteiger partial charge in [0.15, 0.2) is 9.84 Å². The minimum absolute atomic E-state index is 0.0847. The van der Waals surface area contributed by atoms with Crippen LogP contribution >= 0.6 is 0 Å². The monoisotopic (exact) mass is 417 g/mol. The van der Waals surface area contributed by atoms with E-state index in [1.807, 2.05) is 30.3 Å². The lowest BCUT2D eigenvalue weighted by Gasteiger charge is -2.45. The molecule has 0 bridgehead atoms. The first-order chi connectivity index (χ1) is 13.7. The van der Waals surface area contributed by atoms with Crippen LogP contribution < -0.4 is 11.2 Å². The van der Waals surface area contributed by atoms with Gasteiger partial charge < -0.3 is 10.6 Å². The van der Waals surface area contributed by atoms with Crippen LogP contribution in [0.2, 0.25) is 0 Å². The van der Waals surface area contributed by atoms with Gasteiger partial charge in [-0.1, -0.05) is 35.5 Å². The topological polar surface area (TPSA) is 129 Å². The summed E-state index contributed by atoms with van der Waals surface area (Å²) >= 11 is 0. The fourth-order valence-corrected chi connectivity index (χ4v) is 4.42. The number of hydrogen-bond donors (Lipinski definition) is 2. The van der Waals surface area contributed by atoms with Crippen molar-refractivity contribution in [1.82, 2.24) is 20.5 Å². The molecule has 3 N–H and O–H groups in total. The number of nitrogens with one attached hydrogen (secondary N) is 1. The summed E-state index contributed by atoms with van der Waals surface area (Å²) in [6.07, 6.45) is 6.15. The average molecular weight is 417 g/mol. The van der Waals surface area contributed by atoms with E-state index in [0.717, 1.165) is 18.4 Å². The van der Waals surface area contributed by atoms with Crippen LogP contribution in [0.4, 0.5) is 0 Å². The van der Waals surface area contributed by atoms with Gasteiger partial charge in [-0.3, -0.25) is 4.79 Å². The molecule has 1 aliphatic heterocycles. The number of aromatic nitrogens is 3. The molecule has 1 saturated carbocycles. The molecule has 0 radical (unpaired) electrons.